The minimum absolute atomic E-state index is 0.355. The van der Waals surface area contributed by atoms with Gasteiger partial charge in [0.05, 0.1) is 19.4 Å². The summed E-state index contributed by atoms with van der Waals surface area (Å²) in [6, 6.07) is 5.10. The average molecular weight is 262 g/mol. The van der Waals surface area contributed by atoms with E-state index in [4.69, 9.17) is 15.3 Å². The molecule has 0 spiro atoms. The molecule has 100 valence electrons. The molecule has 3 N–H and O–H groups in total. The van der Waals surface area contributed by atoms with Crippen molar-refractivity contribution in [3.8, 4) is 17.4 Å². The van der Waals surface area contributed by atoms with Crippen LogP contribution in [0.25, 0.3) is 11.5 Å². The van der Waals surface area contributed by atoms with Crippen molar-refractivity contribution in [1.29, 1.82) is 0 Å². The molecule has 2 heterocycles. The van der Waals surface area contributed by atoms with Crippen molar-refractivity contribution < 1.29 is 9.47 Å². The number of rotatable bonds is 5. The zero-order valence-corrected chi connectivity index (χ0v) is 10.6. The summed E-state index contributed by atoms with van der Waals surface area (Å²) in [6.45, 7) is 0.355. The predicted molar refractivity (Wildman–Crippen MR) is 68.1 cm³/mol. The Bertz CT molecular complexity index is 545. The molecule has 0 atom stereocenters. The molecule has 0 saturated heterocycles. The number of ether oxygens (including phenoxy) is 2. The van der Waals surface area contributed by atoms with Crippen LogP contribution >= 0.6 is 0 Å². The fourth-order valence-corrected chi connectivity index (χ4v) is 1.46. The smallest absolute Gasteiger partial charge is 0.233 e. The van der Waals surface area contributed by atoms with E-state index in [1.165, 1.54) is 7.11 Å². The lowest BCUT2D eigenvalue weighted by Gasteiger charge is -2.06. The highest BCUT2D eigenvalue weighted by Crippen LogP contribution is 2.16. The first-order valence-electron chi connectivity index (χ1n) is 5.48. The number of aromatic nitrogens is 4. The second-order valence-corrected chi connectivity index (χ2v) is 3.61. The minimum Gasteiger partial charge on any atom is -0.480 e. The second kappa shape index (κ2) is 6.03. The van der Waals surface area contributed by atoms with E-state index < -0.39 is 0 Å². The summed E-state index contributed by atoms with van der Waals surface area (Å²) in [5.74, 6) is 6.69. The van der Waals surface area contributed by atoms with Crippen molar-refractivity contribution in [3.63, 3.8) is 0 Å². The van der Waals surface area contributed by atoms with Crippen LogP contribution in [0.15, 0.2) is 18.2 Å². The number of nitrogen functional groups attached to an aromatic ring is 1. The van der Waals surface area contributed by atoms with Crippen LogP contribution in [0.4, 0.5) is 5.82 Å². The maximum Gasteiger partial charge on any atom is 0.233 e. The van der Waals surface area contributed by atoms with Gasteiger partial charge in [-0.3, -0.25) is 0 Å². The van der Waals surface area contributed by atoms with E-state index in [2.05, 4.69) is 25.6 Å². The first-order chi connectivity index (χ1) is 9.26. The summed E-state index contributed by atoms with van der Waals surface area (Å²) in [5.41, 5.74) is 3.69. The Hall–Kier alpha value is -2.32. The Morgan fingerprint density at radius 2 is 2.05 bits per heavy atom. The van der Waals surface area contributed by atoms with Gasteiger partial charge in [0.15, 0.2) is 5.82 Å². The van der Waals surface area contributed by atoms with Crippen LogP contribution in [0.5, 0.6) is 5.88 Å². The highest BCUT2D eigenvalue weighted by molar-refractivity contribution is 5.52. The first-order valence-corrected chi connectivity index (χ1v) is 5.48. The number of methoxy groups -OCH3 is 2. The Morgan fingerprint density at radius 1 is 1.21 bits per heavy atom. The van der Waals surface area contributed by atoms with Gasteiger partial charge in [0, 0.05) is 19.2 Å². The third-order valence-electron chi connectivity index (χ3n) is 2.30. The molecule has 0 fully saturated rings. The van der Waals surface area contributed by atoms with Gasteiger partial charge in [-0.1, -0.05) is 0 Å². The van der Waals surface area contributed by atoms with E-state index in [0.29, 0.717) is 35.5 Å². The quantitative estimate of drug-likeness (QED) is 0.588. The van der Waals surface area contributed by atoms with Gasteiger partial charge >= 0.3 is 0 Å². The minimum atomic E-state index is 0.355. The molecule has 8 nitrogen and oxygen atoms in total. The lowest BCUT2D eigenvalue weighted by atomic mass is 10.3. The van der Waals surface area contributed by atoms with Crippen LogP contribution in [0, 0.1) is 0 Å². The van der Waals surface area contributed by atoms with Gasteiger partial charge in [-0.2, -0.15) is 0 Å². The van der Waals surface area contributed by atoms with Crippen molar-refractivity contribution >= 4 is 5.82 Å². The molecular formula is C11H14N6O2. The lowest BCUT2D eigenvalue weighted by Crippen LogP contribution is -2.11. The summed E-state index contributed by atoms with van der Waals surface area (Å²) < 4.78 is 9.99. The summed E-state index contributed by atoms with van der Waals surface area (Å²) in [5, 5.41) is 7.86. The van der Waals surface area contributed by atoms with Gasteiger partial charge in [-0.05, 0) is 6.07 Å². The molecule has 0 radical (unpaired) electrons. The van der Waals surface area contributed by atoms with E-state index in [0.717, 1.165) is 0 Å². The van der Waals surface area contributed by atoms with Crippen LogP contribution in [0.2, 0.25) is 0 Å². The fourth-order valence-electron chi connectivity index (χ4n) is 1.46. The number of hydrogen-bond acceptors (Lipinski definition) is 8. The van der Waals surface area contributed by atoms with E-state index in [9.17, 15) is 0 Å². The molecule has 19 heavy (non-hydrogen) atoms. The Morgan fingerprint density at radius 3 is 2.63 bits per heavy atom. The number of nitrogens with zero attached hydrogens (tertiary/aromatic N) is 4. The fraction of sp³-hybridized carbons (Fsp3) is 0.273. The van der Waals surface area contributed by atoms with Crippen molar-refractivity contribution in [2.24, 2.45) is 5.84 Å². The van der Waals surface area contributed by atoms with Crippen LogP contribution in [0.1, 0.15) is 5.69 Å². The molecule has 8 heteroatoms. The van der Waals surface area contributed by atoms with Gasteiger partial charge < -0.3 is 14.9 Å². The normalized spacial score (nSPS) is 10.3. The third-order valence-corrected chi connectivity index (χ3v) is 2.30. The van der Waals surface area contributed by atoms with E-state index >= 15 is 0 Å². The van der Waals surface area contributed by atoms with Crippen molar-refractivity contribution in [3.05, 3.63) is 23.9 Å². The summed E-state index contributed by atoms with van der Waals surface area (Å²) in [4.78, 5) is 8.54. The Labute approximate surface area is 110 Å². The monoisotopic (exact) mass is 262 g/mol. The molecule has 0 aliphatic heterocycles. The molecule has 0 aliphatic carbocycles. The maximum atomic E-state index is 5.37. The molecule has 0 unspecified atom stereocenters. The summed E-state index contributed by atoms with van der Waals surface area (Å²) in [7, 11) is 3.11. The molecule has 2 aromatic rings. The molecule has 0 aromatic carbocycles. The number of hydrazine groups is 1. The first kappa shape index (κ1) is 13.1. The predicted octanol–water partition coefficient (Wildman–Crippen LogP) is 0.374. The zero-order valence-electron chi connectivity index (χ0n) is 10.6. The summed E-state index contributed by atoms with van der Waals surface area (Å²) in [6.07, 6.45) is 0. The summed E-state index contributed by atoms with van der Waals surface area (Å²) >= 11 is 0. The molecule has 0 bridgehead atoms. The van der Waals surface area contributed by atoms with Gasteiger partial charge in [0.2, 0.25) is 5.88 Å². The number of nitrogens with two attached hydrogens (primary N) is 1. The zero-order chi connectivity index (χ0) is 13.7. The van der Waals surface area contributed by atoms with Crippen LogP contribution in [0.3, 0.4) is 0 Å². The van der Waals surface area contributed by atoms with Crippen LogP contribution < -0.4 is 16.0 Å². The van der Waals surface area contributed by atoms with E-state index in [-0.39, 0.29) is 0 Å². The van der Waals surface area contributed by atoms with Gasteiger partial charge in [-0.15, -0.1) is 10.2 Å². The Balaban J connectivity index is 2.38. The number of hydrogen-bond donors (Lipinski definition) is 2. The van der Waals surface area contributed by atoms with Crippen LogP contribution in [-0.4, -0.2) is 34.4 Å². The molecule has 2 rings (SSSR count). The standard InChI is InChI=1S/C11H14N6O2/c1-18-6-7-5-9(15-12)14-11(13-7)8-3-4-10(19-2)17-16-8/h3-5H,6,12H2,1-2H3,(H,13,14,15). The number of anilines is 1. The van der Waals surface area contributed by atoms with E-state index in [1.807, 2.05) is 0 Å². The topological polar surface area (TPSA) is 108 Å². The highest BCUT2D eigenvalue weighted by Gasteiger charge is 2.08. The molecule has 0 saturated carbocycles. The van der Waals surface area contributed by atoms with Crippen molar-refractivity contribution in [2.75, 3.05) is 19.6 Å². The van der Waals surface area contributed by atoms with E-state index in [1.54, 1.807) is 25.3 Å². The SMILES string of the molecule is COCc1cc(NN)nc(-c2ccc(OC)nn2)n1. The van der Waals surface area contributed by atoms with Crippen molar-refractivity contribution in [2.45, 2.75) is 6.61 Å². The van der Waals surface area contributed by atoms with Gasteiger partial charge in [0.25, 0.3) is 0 Å². The molecule has 0 aliphatic rings. The number of nitrogens with one attached hydrogen (secondary N) is 1. The average Bonchev–Trinajstić information content (AvgIpc) is 2.47. The second-order valence-electron chi connectivity index (χ2n) is 3.61. The largest absolute Gasteiger partial charge is 0.480 e. The Kier molecular flexibility index (Phi) is 4.16. The van der Waals surface area contributed by atoms with Gasteiger partial charge in [-0.25, -0.2) is 15.8 Å². The third kappa shape index (κ3) is 3.12. The molecular weight excluding hydrogens is 248 g/mol. The van der Waals surface area contributed by atoms with Crippen LogP contribution in [-0.2, 0) is 11.3 Å². The highest BCUT2D eigenvalue weighted by atomic mass is 16.5. The lowest BCUT2D eigenvalue weighted by molar-refractivity contribution is 0.181. The van der Waals surface area contributed by atoms with Gasteiger partial charge in [0.1, 0.15) is 11.5 Å². The molecule has 2 aromatic heterocycles. The molecule has 0 amide bonds. The van der Waals surface area contributed by atoms with Crippen molar-refractivity contribution in [1.82, 2.24) is 20.2 Å². The maximum absolute atomic E-state index is 5.37.